The van der Waals surface area contributed by atoms with E-state index in [0.29, 0.717) is 5.02 Å². The summed E-state index contributed by atoms with van der Waals surface area (Å²) in [5, 5.41) is 8.18. The van der Waals surface area contributed by atoms with Crippen molar-refractivity contribution < 1.29 is 14.9 Å². The van der Waals surface area contributed by atoms with E-state index in [0.717, 1.165) is 22.4 Å². The molecule has 0 aromatic heterocycles. The minimum atomic E-state index is -0.343. The highest BCUT2D eigenvalue weighted by Crippen LogP contribution is 2.20. The molecule has 2 atom stereocenters. The first kappa shape index (κ1) is 20.9. The molecule has 0 saturated heterocycles. The van der Waals surface area contributed by atoms with Gasteiger partial charge < -0.3 is 16.0 Å². The number of para-hydroxylation sites is 1. The second-order valence-electron chi connectivity index (χ2n) is 6.82. The molecular formula is C21H27ClN3O2+. The van der Waals surface area contributed by atoms with Crippen LogP contribution in [0.5, 0.6) is 0 Å². The van der Waals surface area contributed by atoms with Crippen molar-refractivity contribution in [3.8, 4) is 0 Å². The van der Waals surface area contributed by atoms with Crippen molar-refractivity contribution in [2.75, 3.05) is 11.9 Å². The Morgan fingerprint density at radius 3 is 2.30 bits per heavy atom. The molecule has 0 fully saturated rings. The number of carbonyl (C=O) groups is 2. The van der Waals surface area contributed by atoms with Crippen molar-refractivity contribution in [1.29, 1.82) is 0 Å². The van der Waals surface area contributed by atoms with Crippen LogP contribution in [0.2, 0.25) is 5.02 Å². The summed E-state index contributed by atoms with van der Waals surface area (Å²) in [6, 6.07) is 13.1. The Labute approximate surface area is 165 Å². The van der Waals surface area contributed by atoms with Crippen LogP contribution in [-0.2, 0) is 9.59 Å². The smallest absolute Gasteiger partial charge is 0.278 e. The van der Waals surface area contributed by atoms with E-state index in [1.54, 1.807) is 0 Å². The van der Waals surface area contributed by atoms with Crippen molar-refractivity contribution in [1.82, 2.24) is 5.32 Å². The van der Waals surface area contributed by atoms with Gasteiger partial charge in [-0.2, -0.15) is 0 Å². The second-order valence-corrected chi connectivity index (χ2v) is 7.23. The number of hydrogen-bond acceptors (Lipinski definition) is 2. The third-order valence-electron chi connectivity index (χ3n) is 4.56. The zero-order valence-electron chi connectivity index (χ0n) is 16.2. The van der Waals surface area contributed by atoms with Gasteiger partial charge in [-0.1, -0.05) is 48.0 Å². The molecular weight excluding hydrogens is 362 g/mol. The highest BCUT2D eigenvalue weighted by atomic mass is 35.5. The average Bonchev–Trinajstić information content (AvgIpc) is 2.63. The van der Waals surface area contributed by atoms with Gasteiger partial charge in [-0.25, -0.2) is 0 Å². The van der Waals surface area contributed by atoms with Gasteiger partial charge in [0.25, 0.3) is 5.91 Å². The maximum absolute atomic E-state index is 12.3. The number of carbonyl (C=O) groups excluding carboxylic acids is 2. The van der Waals surface area contributed by atoms with E-state index in [1.807, 2.05) is 75.5 Å². The number of rotatable bonds is 7. The van der Waals surface area contributed by atoms with Gasteiger partial charge >= 0.3 is 0 Å². The van der Waals surface area contributed by atoms with Crippen LogP contribution in [-0.4, -0.2) is 24.4 Å². The Balaban J connectivity index is 1.86. The number of amides is 2. The number of aryl methyl sites for hydroxylation is 2. The maximum Gasteiger partial charge on any atom is 0.278 e. The first-order chi connectivity index (χ1) is 12.8. The van der Waals surface area contributed by atoms with Crippen LogP contribution >= 0.6 is 11.6 Å². The molecule has 144 valence electrons. The van der Waals surface area contributed by atoms with Gasteiger partial charge in [0.2, 0.25) is 5.91 Å². The molecule has 5 nitrogen and oxygen atoms in total. The summed E-state index contributed by atoms with van der Waals surface area (Å²) in [6.45, 7) is 7.62. The summed E-state index contributed by atoms with van der Waals surface area (Å²) in [5.41, 5.74) is 3.75. The molecule has 2 aromatic carbocycles. The average molecular weight is 389 g/mol. The summed E-state index contributed by atoms with van der Waals surface area (Å²) >= 11 is 6.21. The number of nitrogens with one attached hydrogen (secondary N) is 2. The van der Waals surface area contributed by atoms with Crippen LogP contribution in [0.4, 0.5) is 5.69 Å². The van der Waals surface area contributed by atoms with Gasteiger partial charge in [-0.15, -0.1) is 0 Å². The van der Waals surface area contributed by atoms with E-state index in [4.69, 9.17) is 11.6 Å². The number of benzene rings is 2. The third kappa shape index (κ3) is 5.81. The number of anilines is 1. The van der Waals surface area contributed by atoms with Crippen LogP contribution in [0.1, 0.15) is 36.6 Å². The van der Waals surface area contributed by atoms with Crippen molar-refractivity contribution in [3.63, 3.8) is 0 Å². The molecule has 0 spiro atoms. The molecule has 0 saturated carbocycles. The van der Waals surface area contributed by atoms with E-state index < -0.39 is 0 Å². The lowest BCUT2D eigenvalue weighted by Crippen LogP contribution is -2.92. The van der Waals surface area contributed by atoms with Crippen LogP contribution in [0.3, 0.4) is 0 Å². The predicted octanol–water partition coefficient (Wildman–Crippen LogP) is 2.72. The second kappa shape index (κ2) is 9.53. The Hall–Kier alpha value is -2.37. The Kier molecular flexibility index (Phi) is 7.39. The minimum Gasteiger partial charge on any atom is -0.342 e. The molecule has 2 amide bonds. The molecule has 0 aliphatic rings. The van der Waals surface area contributed by atoms with Gasteiger partial charge in [0.05, 0.1) is 6.54 Å². The normalized spacial score (nSPS) is 12.9. The molecule has 2 rings (SSSR count). The standard InChI is InChI=1S/C21H26ClN3O2/c1-13-8-7-9-14(2)20(13)25-19(26)12-23-21(27)16(4)24-15(3)17-10-5-6-11-18(17)22/h5-11,15-16,24H,12H2,1-4H3,(H,23,27)(H,25,26)/p+1/t15-,16-/m0/s1. The summed E-state index contributed by atoms with van der Waals surface area (Å²) in [5.74, 6) is -0.433. The summed E-state index contributed by atoms with van der Waals surface area (Å²) in [4.78, 5) is 24.5. The van der Waals surface area contributed by atoms with Crippen molar-refractivity contribution in [3.05, 3.63) is 64.2 Å². The topological polar surface area (TPSA) is 74.8 Å². The van der Waals surface area contributed by atoms with Gasteiger partial charge in [0.1, 0.15) is 6.04 Å². The molecule has 27 heavy (non-hydrogen) atoms. The predicted molar refractivity (Wildman–Crippen MR) is 109 cm³/mol. The van der Waals surface area contributed by atoms with Crippen LogP contribution in [0, 0.1) is 13.8 Å². The van der Waals surface area contributed by atoms with Crippen LogP contribution in [0.25, 0.3) is 0 Å². The Morgan fingerprint density at radius 2 is 1.67 bits per heavy atom. The fraction of sp³-hybridized carbons (Fsp3) is 0.333. The van der Waals surface area contributed by atoms with E-state index in [-0.39, 0.29) is 30.4 Å². The van der Waals surface area contributed by atoms with E-state index in [1.165, 1.54) is 0 Å². The summed E-state index contributed by atoms with van der Waals surface area (Å²) in [6.07, 6.45) is 0. The van der Waals surface area contributed by atoms with Gasteiger partial charge in [-0.05, 0) is 44.9 Å². The van der Waals surface area contributed by atoms with E-state index in [2.05, 4.69) is 10.6 Å². The van der Waals surface area contributed by atoms with Crippen molar-refractivity contribution in [2.24, 2.45) is 0 Å². The van der Waals surface area contributed by atoms with Gasteiger partial charge in [0, 0.05) is 16.3 Å². The lowest BCUT2D eigenvalue weighted by molar-refractivity contribution is -0.710. The van der Waals surface area contributed by atoms with Gasteiger partial charge in [-0.3, -0.25) is 9.59 Å². The molecule has 4 N–H and O–H groups in total. The largest absolute Gasteiger partial charge is 0.342 e. The molecule has 0 radical (unpaired) electrons. The minimum absolute atomic E-state index is 0.0305. The van der Waals surface area contributed by atoms with Crippen LogP contribution in [0.15, 0.2) is 42.5 Å². The number of quaternary nitrogens is 1. The molecule has 2 aromatic rings. The van der Waals surface area contributed by atoms with Crippen molar-refractivity contribution >= 4 is 29.1 Å². The molecule has 6 heteroatoms. The maximum atomic E-state index is 12.3. The number of nitrogens with two attached hydrogens (primary N) is 1. The highest BCUT2D eigenvalue weighted by Gasteiger charge is 2.22. The molecule has 0 aliphatic heterocycles. The third-order valence-corrected chi connectivity index (χ3v) is 4.90. The molecule has 0 heterocycles. The Bertz CT molecular complexity index is 803. The Morgan fingerprint density at radius 1 is 1.04 bits per heavy atom. The molecule has 0 bridgehead atoms. The lowest BCUT2D eigenvalue weighted by Gasteiger charge is -2.18. The van der Waals surface area contributed by atoms with E-state index in [9.17, 15) is 9.59 Å². The lowest BCUT2D eigenvalue weighted by atomic mass is 10.1. The zero-order valence-corrected chi connectivity index (χ0v) is 16.9. The zero-order chi connectivity index (χ0) is 20.0. The first-order valence-corrected chi connectivity index (χ1v) is 9.40. The summed E-state index contributed by atoms with van der Waals surface area (Å²) in [7, 11) is 0. The highest BCUT2D eigenvalue weighted by molar-refractivity contribution is 6.31. The number of hydrogen-bond donors (Lipinski definition) is 3. The quantitative estimate of drug-likeness (QED) is 0.682. The van der Waals surface area contributed by atoms with Crippen LogP contribution < -0.4 is 16.0 Å². The summed E-state index contributed by atoms with van der Waals surface area (Å²) < 4.78 is 0. The van der Waals surface area contributed by atoms with E-state index >= 15 is 0 Å². The fourth-order valence-corrected chi connectivity index (χ4v) is 3.30. The molecule has 0 aliphatic carbocycles. The first-order valence-electron chi connectivity index (χ1n) is 9.02. The molecule has 0 unspecified atom stereocenters. The fourth-order valence-electron chi connectivity index (χ4n) is 2.99. The number of halogens is 1. The van der Waals surface area contributed by atoms with Gasteiger partial charge in [0.15, 0.2) is 6.04 Å². The monoisotopic (exact) mass is 388 g/mol. The van der Waals surface area contributed by atoms with Crippen molar-refractivity contribution in [2.45, 2.75) is 39.8 Å². The SMILES string of the molecule is Cc1cccc(C)c1NC(=O)CNC(=O)[C@H](C)[NH2+][C@@H](C)c1ccccc1Cl.